The first kappa shape index (κ1) is 14.3. The highest BCUT2D eigenvalue weighted by atomic mass is 19.3. The molecule has 0 atom stereocenters. The van der Waals surface area contributed by atoms with Gasteiger partial charge in [-0.15, -0.1) is 0 Å². The number of halogens is 2. The molecule has 18 heavy (non-hydrogen) atoms. The van der Waals surface area contributed by atoms with E-state index in [2.05, 4.69) is 9.72 Å². The number of carbonyl (C=O) groups excluding carboxylic acids is 1. The van der Waals surface area contributed by atoms with Gasteiger partial charge in [-0.2, -0.15) is 8.78 Å². The molecule has 0 aromatic carbocycles. The fourth-order valence-corrected chi connectivity index (χ4v) is 1.27. The first-order valence-corrected chi connectivity index (χ1v) is 5.55. The Morgan fingerprint density at radius 3 is 2.67 bits per heavy atom. The van der Waals surface area contributed by atoms with Crippen LogP contribution in [0.2, 0.25) is 0 Å². The van der Waals surface area contributed by atoms with Crippen molar-refractivity contribution in [1.29, 1.82) is 0 Å². The van der Waals surface area contributed by atoms with E-state index in [9.17, 15) is 13.6 Å². The van der Waals surface area contributed by atoms with Gasteiger partial charge in [0.15, 0.2) is 0 Å². The molecule has 0 fully saturated rings. The lowest BCUT2D eigenvalue weighted by atomic mass is 10.1. The Morgan fingerprint density at radius 1 is 1.44 bits per heavy atom. The van der Waals surface area contributed by atoms with E-state index in [1.165, 1.54) is 13.1 Å². The molecule has 1 aromatic heterocycles. The van der Waals surface area contributed by atoms with Gasteiger partial charge in [-0.25, -0.2) is 4.79 Å². The number of pyridine rings is 1. The van der Waals surface area contributed by atoms with E-state index in [0.29, 0.717) is 0 Å². The van der Waals surface area contributed by atoms with Crippen LogP contribution in [0.15, 0.2) is 18.5 Å². The average molecular weight is 259 g/mol. The molecule has 1 rings (SSSR count). The Kier molecular flexibility index (Phi) is 4.58. The largest absolute Gasteiger partial charge is 0.489 e. The maximum atomic E-state index is 13.7. The second kappa shape index (κ2) is 5.75. The average Bonchev–Trinajstić information content (AvgIpc) is 2.28. The van der Waals surface area contributed by atoms with Gasteiger partial charge >= 0.3 is 11.9 Å². The maximum absolute atomic E-state index is 13.7. The third-order valence-electron chi connectivity index (χ3n) is 1.98. The number of ether oxygens (including phenoxy) is 2. The molecule has 1 aromatic rings. The highest BCUT2D eigenvalue weighted by Gasteiger charge is 2.43. The lowest BCUT2D eigenvalue weighted by molar-refractivity contribution is -0.173. The molecule has 0 radical (unpaired) electrons. The van der Waals surface area contributed by atoms with Gasteiger partial charge in [0.05, 0.1) is 24.5 Å². The summed E-state index contributed by atoms with van der Waals surface area (Å²) in [4.78, 5) is 14.8. The Labute approximate surface area is 104 Å². The normalized spacial score (nSPS) is 11.4. The van der Waals surface area contributed by atoms with E-state index in [1.54, 1.807) is 13.8 Å². The van der Waals surface area contributed by atoms with Crippen molar-refractivity contribution in [2.45, 2.75) is 32.8 Å². The van der Waals surface area contributed by atoms with Gasteiger partial charge in [0.25, 0.3) is 0 Å². The van der Waals surface area contributed by atoms with Crippen LogP contribution in [0.4, 0.5) is 8.78 Å². The zero-order valence-corrected chi connectivity index (χ0v) is 10.4. The fraction of sp³-hybridized carbons (Fsp3) is 0.500. The number of hydrogen-bond acceptors (Lipinski definition) is 4. The van der Waals surface area contributed by atoms with Crippen molar-refractivity contribution in [2.24, 2.45) is 0 Å². The van der Waals surface area contributed by atoms with Crippen LogP contribution in [0.5, 0.6) is 5.75 Å². The van der Waals surface area contributed by atoms with E-state index in [-0.39, 0.29) is 18.5 Å². The van der Waals surface area contributed by atoms with Crippen LogP contribution in [-0.2, 0) is 15.5 Å². The number of alkyl halides is 2. The smallest absolute Gasteiger partial charge is 0.382 e. The number of hydrogen-bond donors (Lipinski definition) is 0. The SMILES string of the molecule is CCOC(=O)C(F)(F)c1cncc(OC(C)C)c1. The van der Waals surface area contributed by atoms with Crippen LogP contribution in [0, 0.1) is 0 Å². The molecule has 1 heterocycles. The Balaban J connectivity index is 2.97. The summed E-state index contributed by atoms with van der Waals surface area (Å²) >= 11 is 0. The Bertz CT molecular complexity index is 422. The molecule has 0 amide bonds. The highest BCUT2D eigenvalue weighted by Crippen LogP contribution is 2.31. The van der Waals surface area contributed by atoms with Gasteiger partial charge in [0, 0.05) is 6.20 Å². The summed E-state index contributed by atoms with van der Waals surface area (Å²) in [5.74, 6) is -5.13. The van der Waals surface area contributed by atoms with E-state index >= 15 is 0 Å². The molecule has 100 valence electrons. The van der Waals surface area contributed by atoms with Gasteiger partial charge in [-0.3, -0.25) is 4.98 Å². The maximum Gasteiger partial charge on any atom is 0.382 e. The third-order valence-corrected chi connectivity index (χ3v) is 1.98. The second-order valence-corrected chi connectivity index (χ2v) is 3.87. The molecule has 0 spiro atoms. The zero-order chi connectivity index (χ0) is 13.8. The van der Waals surface area contributed by atoms with Gasteiger partial charge in [-0.05, 0) is 26.8 Å². The molecule has 0 aliphatic heterocycles. The standard InChI is InChI=1S/C12H15F2NO3/c1-4-17-11(16)12(13,14)9-5-10(7-15-6-9)18-8(2)3/h5-8H,4H2,1-3H3. The molecule has 4 nitrogen and oxygen atoms in total. The van der Waals surface area contributed by atoms with Crippen LogP contribution in [0.3, 0.4) is 0 Å². The first-order chi connectivity index (χ1) is 8.37. The van der Waals surface area contributed by atoms with Crippen LogP contribution in [0.1, 0.15) is 26.3 Å². The molecule has 0 bridgehead atoms. The fourth-order valence-electron chi connectivity index (χ4n) is 1.27. The summed E-state index contributed by atoms with van der Waals surface area (Å²) < 4.78 is 36.9. The number of nitrogens with zero attached hydrogens (tertiary/aromatic N) is 1. The monoisotopic (exact) mass is 259 g/mol. The van der Waals surface area contributed by atoms with Crippen molar-refractivity contribution < 1.29 is 23.0 Å². The second-order valence-electron chi connectivity index (χ2n) is 3.87. The predicted molar refractivity (Wildman–Crippen MR) is 60.5 cm³/mol. The molecular formula is C12H15F2NO3. The van der Waals surface area contributed by atoms with Crippen molar-refractivity contribution in [1.82, 2.24) is 4.98 Å². The number of rotatable bonds is 5. The Morgan fingerprint density at radius 2 is 2.11 bits per heavy atom. The van der Waals surface area contributed by atoms with Crippen molar-refractivity contribution in [2.75, 3.05) is 6.61 Å². The molecule has 0 saturated carbocycles. The van der Waals surface area contributed by atoms with Crippen LogP contribution in [-0.4, -0.2) is 23.7 Å². The number of carbonyl (C=O) groups is 1. The van der Waals surface area contributed by atoms with Crippen LogP contribution >= 0.6 is 0 Å². The molecule has 0 N–H and O–H groups in total. The van der Waals surface area contributed by atoms with Gasteiger partial charge in [-0.1, -0.05) is 0 Å². The van der Waals surface area contributed by atoms with E-state index < -0.39 is 17.5 Å². The quantitative estimate of drug-likeness (QED) is 0.762. The summed E-state index contributed by atoms with van der Waals surface area (Å²) in [6.45, 7) is 4.88. The van der Waals surface area contributed by atoms with E-state index in [1.807, 2.05) is 0 Å². The van der Waals surface area contributed by atoms with Crippen molar-refractivity contribution in [3.8, 4) is 5.75 Å². The van der Waals surface area contributed by atoms with Crippen LogP contribution < -0.4 is 4.74 Å². The van der Waals surface area contributed by atoms with Gasteiger partial charge < -0.3 is 9.47 Å². The summed E-state index contributed by atoms with van der Waals surface area (Å²) in [5, 5.41) is 0. The van der Waals surface area contributed by atoms with E-state index in [0.717, 1.165) is 12.3 Å². The Hall–Kier alpha value is -1.72. The summed E-state index contributed by atoms with van der Waals surface area (Å²) in [6.07, 6.45) is 2.06. The zero-order valence-electron chi connectivity index (χ0n) is 10.4. The highest BCUT2D eigenvalue weighted by molar-refractivity contribution is 5.79. The van der Waals surface area contributed by atoms with Crippen molar-refractivity contribution in [3.63, 3.8) is 0 Å². The number of esters is 1. The molecule has 0 aliphatic carbocycles. The van der Waals surface area contributed by atoms with Crippen LogP contribution in [0.25, 0.3) is 0 Å². The van der Waals surface area contributed by atoms with Gasteiger partial charge in [0.1, 0.15) is 5.75 Å². The van der Waals surface area contributed by atoms with Crippen molar-refractivity contribution in [3.05, 3.63) is 24.0 Å². The summed E-state index contributed by atoms with van der Waals surface area (Å²) in [5.41, 5.74) is -0.542. The molecular weight excluding hydrogens is 244 g/mol. The summed E-state index contributed by atoms with van der Waals surface area (Å²) in [7, 11) is 0. The summed E-state index contributed by atoms with van der Waals surface area (Å²) in [6, 6.07) is 1.09. The minimum atomic E-state index is -3.72. The molecule has 6 heteroatoms. The molecule has 0 saturated heterocycles. The first-order valence-electron chi connectivity index (χ1n) is 5.55. The van der Waals surface area contributed by atoms with Gasteiger partial charge in [0.2, 0.25) is 0 Å². The lowest BCUT2D eigenvalue weighted by Gasteiger charge is -2.16. The molecule has 0 unspecified atom stereocenters. The van der Waals surface area contributed by atoms with Crippen molar-refractivity contribution >= 4 is 5.97 Å². The van der Waals surface area contributed by atoms with E-state index in [4.69, 9.17) is 4.74 Å². The topological polar surface area (TPSA) is 48.4 Å². The predicted octanol–water partition coefficient (Wildman–Crippen LogP) is 2.52. The minimum absolute atomic E-state index is 0.107. The minimum Gasteiger partial charge on any atom is -0.489 e. The molecule has 0 aliphatic rings. The lowest BCUT2D eigenvalue weighted by Crippen LogP contribution is -2.28. The third kappa shape index (κ3) is 3.38. The number of aromatic nitrogens is 1.